The standard InChI is InChI=1S/C17H22N2O3/c1-12(20)19-7-6-14-9-15(4-5-16(14)19)17(21)18-10-13-3-2-8-22-11-13/h4-5,9,13H,2-3,6-8,10-11H2,1H3,(H,18,21)/t13-/m1/s1. The van der Waals surface area contributed by atoms with Crippen molar-refractivity contribution in [2.75, 3.05) is 31.2 Å². The molecule has 1 fully saturated rings. The molecule has 0 bridgehead atoms. The molecule has 0 aromatic heterocycles. The van der Waals surface area contributed by atoms with Crippen LogP contribution in [0.4, 0.5) is 5.69 Å². The maximum absolute atomic E-state index is 12.3. The van der Waals surface area contributed by atoms with E-state index in [1.165, 1.54) is 0 Å². The van der Waals surface area contributed by atoms with Crippen molar-refractivity contribution < 1.29 is 14.3 Å². The van der Waals surface area contributed by atoms with Gasteiger partial charge >= 0.3 is 0 Å². The topological polar surface area (TPSA) is 58.6 Å². The van der Waals surface area contributed by atoms with E-state index in [4.69, 9.17) is 4.74 Å². The lowest BCUT2D eigenvalue weighted by Gasteiger charge is -2.22. The number of benzene rings is 1. The van der Waals surface area contributed by atoms with E-state index in [-0.39, 0.29) is 11.8 Å². The molecule has 1 aromatic rings. The number of amides is 2. The highest BCUT2D eigenvalue weighted by atomic mass is 16.5. The number of carbonyl (C=O) groups excluding carboxylic acids is 2. The first kappa shape index (κ1) is 15.0. The van der Waals surface area contributed by atoms with Crippen LogP contribution >= 0.6 is 0 Å². The van der Waals surface area contributed by atoms with Gasteiger partial charge in [-0.15, -0.1) is 0 Å². The van der Waals surface area contributed by atoms with Gasteiger partial charge in [0.2, 0.25) is 5.91 Å². The average Bonchev–Trinajstić information content (AvgIpc) is 2.97. The van der Waals surface area contributed by atoms with Gasteiger partial charge in [-0.05, 0) is 48.9 Å². The summed E-state index contributed by atoms with van der Waals surface area (Å²) < 4.78 is 5.43. The first-order chi connectivity index (χ1) is 10.6. The lowest BCUT2D eigenvalue weighted by atomic mass is 10.0. The molecule has 3 rings (SSSR count). The summed E-state index contributed by atoms with van der Waals surface area (Å²) in [5.41, 5.74) is 2.68. The van der Waals surface area contributed by atoms with E-state index in [1.54, 1.807) is 17.9 Å². The van der Waals surface area contributed by atoms with Gasteiger partial charge in [-0.25, -0.2) is 0 Å². The Balaban J connectivity index is 1.63. The number of rotatable bonds is 3. The number of anilines is 1. The van der Waals surface area contributed by atoms with Gasteiger partial charge in [0.05, 0.1) is 6.61 Å². The third-order valence-corrected chi connectivity index (χ3v) is 4.42. The number of fused-ring (bicyclic) bond motifs is 1. The molecule has 2 amide bonds. The summed E-state index contributed by atoms with van der Waals surface area (Å²) in [6, 6.07) is 5.58. The van der Waals surface area contributed by atoms with Crippen LogP contribution < -0.4 is 10.2 Å². The van der Waals surface area contributed by atoms with E-state index < -0.39 is 0 Å². The van der Waals surface area contributed by atoms with Crippen LogP contribution in [0.25, 0.3) is 0 Å². The molecule has 1 atom stereocenters. The smallest absolute Gasteiger partial charge is 0.251 e. The Morgan fingerprint density at radius 2 is 2.27 bits per heavy atom. The van der Waals surface area contributed by atoms with E-state index in [0.29, 0.717) is 24.6 Å². The summed E-state index contributed by atoms with van der Waals surface area (Å²) in [5, 5.41) is 2.99. The predicted octanol–water partition coefficient (Wildman–Crippen LogP) is 1.75. The van der Waals surface area contributed by atoms with Gasteiger partial charge in [-0.1, -0.05) is 0 Å². The van der Waals surface area contributed by atoms with Gasteiger partial charge in [-0.3, -0.25) is 9.59 Å². The Morgan fingerprint density at radius 1 is 1.41 bits per heavy atom. The maximum Gasteiger partial charge on any atom is 0.251 e. The van der Waals surface area contributed by atoms with Crippen LogP contribution in [0.3, 0.4) is 0 Å². The number of ether oxygens (including phenoxy) is 1. The van der Waals surface area contributed by atoms with E-state index in [9.17, 15) is 9.59 Å². The van der Waals surface area contributed by atoms with Crippen LogP contribution in [-0.4, -0.2) is 38.1 Å². The van der Waals surface area contributed by atoms with Crippen molar-refractivity contribution in [2.45, 2.75) is 26.2 Å². The summed E-state index contributed by atoms with van der Waals surface area (Å²) in [6.07, 6.45) is 2.99. The first-order valence-electron chi connectivity index (χ1n) is 7.92. The number of hydrogen-bond donors (Lipinski definition) is 1. The molecule has 2 aliphatic heterocycles. The summed E-state index contributed by atoms with van der Waals surface area (Å²) in [6.45, 7) is 4.51. The second kappa shape index (κ2) is 6.48. The van der Waals surface area contributed by atoms with Crippen molar-refractivity contribution in [1.82, 2.24) is 5.32 Å². The van der Waals surface area contributed by atoms with E-state index in [0.717, 1.165) is 43.7 Å². The highest BCUT2D eigenvalue weighted by Crippen LogP contribution is 2.28. The van der Waals surface area contributed by atoms with Crippen molar-refractivity contribution in [3.63, 3.8) is 0 Å². The molecule has 5 nitrogen and oxygen atoms in total. The van der Waals surface area contributed by atoms with Crippen LogP contribution in [0.2, 0.25) is 0 Å². The van der Waals surface area contributed by atoms with E-state index in [1.807, 2.05) is 12.1 Å². The molecule has 1 saturated heterocycles. The molecule has 0 saturated carbocycles. The minimum Gasteiger partial charge on any atom is -0.381 e. The Bertz CT molecular complexity index is 579. The summed E-state index contributed by atoms with van der Waals surface area (Å²) in [7, 11) is 0. The molecular formula is C17H22N2O3. The number of hydrogen-bond acceptors (Lipinski definition) is 3. The highest BCUT2D eigenvalue weighted by Gasteiger charge is 2.23. The molecule has 118 valence electrons. The Hall–Kier alpha value is -1.88. The molecule has 1 N–H and O–H groups in total. The van der Waals surface area contributed by atoms with Crippen LogP contribution in [0.1, 0.15) is 35.7 Å². The monoisotopic (exact) mass is 302 g/mol. The van der Waals surface area contributed by atoms with Crippen LogP contribution in [-0.2, 0) is 16.0 Å². The van der Waals surface area contributed by atoms with Crippen molar-refractivity contribution in [3.8, 4) is 0 Å². The highest BCUT2D eigenvalue weighted by molar-refractivity contribution is 5.97. The number of nitrogens with zero attached hydrogens (tertiary/aromatic N) is 1. The van der Waals surface area contributed by atoms with E-state index in [2.05, 4.69) is 5.32 Å². The third kappa shape index (κ3) is 3.14. The minimum atomic E-state index is -0.0466. The summed E-state index contributed by atoms with van der Waals surface area (Å²) >= 11 is 0. The molecule has 0 unspecified atom stereocenters. The zero-order chi connectivity index (χ0) is 15.5. The Morgan fingerprint density at radius 3 is 3.00 bits per heavy atom. The molecule has 0 spiro atoms. The van der Waals surface area contributed by atoms with Crippen molar-refractivity contribution in [2.24, 2.45) is 5.92 Å². The third-order valence-electron chi connectivity index (χ3n) is 4.42. The quantitative estimate of drug-likeness (QED) is 0.925. The molecule has 0 aliphatic carbocycles. The summed E-state index contributed by atoms with van der Waals surface area (Å²) in [4.78, 5) is 25.6. The van der Waals surface area contributed by atoms with Crippen molar-refractivity contribution in [3.05, 3.63) is 29.3 Å². The van der Waals surface area contributed by atoms with Crippen LogP contribution in [0.5, 0.6) is 0 Å². The fourth-order valence-corrected chi connectivity index (χ4v) is 3.18. The van der Waals surface area contributed by atoms with Crippen LogP contribution in [0, 0.1) is 5.92 Å². The van der Waals surface area contributed by atoms with Gasteiger partial charge in [0, 0.05) is 37.9 Å². The molecular weight excluding hydrogens is 280 g/mol. The molecule has 0 radical (unpaired) electrons. The van der Waals surface area contributed by atoms with Gasteiger partial charge < -0.3 is 15.0 Å². The zero-order valence-corrected chi connectivity index (χ0v) is 12.9. The van der Waals surface area contributed by atoms with Crippen molar-refractivity contribution in [1.29, 1.82) is 0 Å². The first-order valence-corrected chi connectivity index (χ1v) is 7.92. The van der Waals surface area contributed by atoms with Crippen LogP contribution in [0.15, 0.2) is 18.2 Å². The van der Waals surface area contributed by atoms with Crippen molar-refractivity contribution >= 4 is 17.5 Å². The Kier molecular flexibility index (Phi) is 4.43. The maximum atomic E-state index is 12.3. The lowest BCUT2D eigenvalue weighted by Crippen LogP contribution is -2.33. The SMILES string of the molecule is CC(=O)N1CCc2cc(C(=O)NC[C@H]3CCCOC3)ccc21. The van der Waals surface area contributed by atoms with Gasteiger partial charge in [0.15, 0.2) is 0 Å². The van der Waals surface area contributed by atoms with Gasteiger partial charge in [0.25, 0.3) is 5.91 Å². The van der Waals surface area contributed by atoms with E-state index >= 15 is 0 Å². The lowest BCUT2D eigenvalue weighted by molar-refractivity contribution is -0.116. The molecule has 22 heavy (non-hydrogen) atoms. The summed E-state index contributed by atoms with van der Waals surface area (Å²) in [5.74, 6) is 0.420. The van der Waals surface area contributed by atoms with Gasteiger partial charge in [0.1, 0.15) is 0 Å². The fraction of sp³-hybridized carbons (Fsp3) is 0.529. The Labute approximate surface area is 130 Å². The number of carbonyl (C=O) groups is 2. The molecule has 5 heteroatoms. The molecule has 2 heterocycles. The minimum absolute atomic E-state index is 0.0466. The van der Waals surface area contributed by atoms with Gasteiger partial charge in [-0.2, -0.15) is 0 Å². The predicted molar refractivity (Wildman–Crippen MR) is 84.0 cm³/mol. The largest absolute Gasteiger partial charge is 0.381 e. The number of nitrogens with one attached hydrogen (secondary N) is 1. The fourth-order valence-electron chi connectivity index (χ4n) is 3.18. The average molecular weight is 302 g/mol. The normalized spacial score (nSPS) is 20.6. The zero-order valence-electron chi connectivity index (χ0n) is 12.9. The molecule has 1 aromatic carbocycles. The second-order valence-corrected chi connectivity index (χ2v) is 6.06. The molecule has 2 aliphatic rings. The second-order valence-electron chi connectivity index (χ2n) is 6.06.